The molecule has 1 rings (SSSR count). The molecule has 0 radical (unpaired) electrons. The molecule has 1 aromatic heterocycles. The van der Waals surface area contributed by atoms with Crippen LogP contribution in [0.2, 0.25) is 0 Å². The number of hydrogen-bond acceptors (Lipinski definition) is 4. The number of rotatable bonds is 7. The number of carbonyl (C=O) groups excluding carboxylic acids is 1. The standard InChI is InChI=1S/C14H23N3OS/c1-4-7-14(3,15)13(18)17-12-9-11(6-8-16-12)10-19-5-2/h6,8-9H,4-5,7,10,15H2,1-3H3,(H,16,17,18). The minimum absolute atomic E-state index is 0.179. The van der Waals surface area contributed by atoms with Gasteiger partial charge in [0.05, 0.1) is 5.54 Å². The van der Waals surface area contributed by atoms with E-state index < -0.39 is 5.54 Å². The molecule has 0 fully saturated rings. The van der Waals surface area contributed by atoms with Gasteiger partial charge in [-0.25, -0.2) is 4.98 Å². The lowest BCUT2D eigenvalue weighted by Crippen LogP contribution is -2.48. The topological polar surface area (TPSA) is 68.0 Å². The fourth-order valence-corrected chi connectivity index (χ4v) is 2.36. The summed E-state index contributed by atoms with van der Waals surface area (Å²) in [4.78, 5) is 16.2. The summed E-state index contributed by atoms with van der Waals surface area (Å²) in [7, 11) is 0. The van der Waals surface area contributed by atoms with Crippen LogP contribution in [0.5, 0.6) is 0 Å². The zero-order valence-corrected chi connectivity index (χ0v) is 12.7. The van der Waals surface area contributed by atoms with E-state index in [1.807, 2.05) is 30.8 Å². The summed E-state index contributed by atoms with van der Waals surface area (Å²) in [6.45, 7) is 5.89. The van der Waals surface area contributed by atoms with Crippen molar-refractivity contribution in [2.45, 2.75) is 44.9 Å². The molecule has 1 unspecified atom stereocenters. The van der Waals surface area contributed by atoms with Gasteiger partial charge in [0, 0.05) is 11.9 Å². The molecule has 5 heteroatoms. The van der Waals surface area contributed by atoms with Gasteiger partial charge >= 0.3 is 0 Å². The van der Waals surface area contributed by atoms with Crippen LogP contribution in [-0.2, 0) is 10.5 Å². The molecule has 0 aromatic carbocycles. The second-order valence-electron chi connectivity index (χ2n) is 4.81. The number of anilines is 1. The van der Waals surface area contributed by atoms with Crippen molar-refractivity contribution in [2.24, 2.45) is 5.73 Å². The number of pyridine rings is 1. The zero-order chi connectivity index (χ0) is 14.3. The Morgan fingerprint density at radius 2 is 2.26 bits per heavy atom. The molecule has 0 aliphatic carbocycles. The minimum Gasteiger partial charge on any atom is -0.318 e. The molecule has 0 aliphatic heterocycles. The average molecular weight is 281 g/mol. The van der Waals surface area contributed by atoms with Crippen molar-refractivity contribution in [3.05, 3.63) is 23.9 Å². The van der Waals surface area contributed by atoms with Gasteiger partial charge in [0.2, 0.25) is 5.91 Å². The Bertz CT molecular complexity index is 421. The first-order chi connectivity index (χ1) is 8.99. The van der Waals surface area contributed by atoms with Crippen LogP contribution in [0.1, 0.15) is 39.2 Å². The summed E-state index contributed by atoms with van der Waals surface area (Å²) in [5.74, 6) is 2.40. The van der Waals surface area contributed by atoms with Gasteiger partial charge in [0.15, 0.2) is 0 Å². The molecule has 1 heterocycles. The highest BCUT2D eigenvalue weighted by Gasteiger charge is 2.27. The lowest BCUT2D eigenvalue weighted by atomic mass is 9.96. The van der Waals surface area contributed by atoms with Gasteiger partial charge in [-0.3, -0.25) is 4.79 Å². The molecule has 0 saturated carbocycles. The lowest BCUT2D eigenvalue weighted by molar-refractivity contribution is -0.120. The van der Waals surface area contributed by atoms with Crippen LogP contribution in [-0.4, -0.2) is 22.2 Å². The monoisotopic (exact) mass is 281 g/mol. The van der Waals surface area contributed by atoms with Crippen LogP contribution >= 0.6 is 11.8 Å². The van der Waals surface area contributed by atoms with Crippen LogP contribution in [0.15, 0.2) is 18.3 Å². The van der Waals surface area contributed by atoms with E-state index in [1.54, 1.807) is 13.1 Å². The van der Waals surface area contributed by atoms with E-state index in [1.165, 1.54) is 0 Å². The van der Waals surface area contributed by atoms with Crippen molar-refractivity contribution in [2.75, 3.05) is 11.1 Å². The number of nitrogens with one attached hydrogen (secondary N) is 1. The van der Waals surface area contributed by atoms with Gasteiger partial charge in [-0.05, 0) is 36.8 Å². The maximum absolute atomic E-state index is 12.1. The Hall–Kier alpha value is -1.07. The molecule has 0 aliphatic rings. The van der Waals surface area contributed by atoms with Crippen LogP contribution in [0.25, 0.3) is 0 Å². The number of nitrogens with zero attached hydrogens (tertiary/aromatic N) is 1. The van der Waals surface area contributed by atoms with Crippen molar-refractivity contribution in [1.82, 2.24) is 4.98 Å². The molecule has 1 amide bonds. The Kier molecular flexibility index (Phi) is 6.31. The van der Waals surface area contributed by atoms with Crippen molar-refractivity contribution in [1.29, 1.82) is 0 Å². The largest absolute Gasteiger partial charge is 0.318 e. The molecule has 106 valence electrons. The molecule has 1 atom stereocenters. The van der Waals surface area contributed by atoms with Crippen molar-refractivity contribution in [3.8, 4) is 0 Å². The molecule has 19 heavy (non-hydrogen) atoms. The Labute approximate surface area is 119 Å². The highest BCUT2D eigenvalue weighted by atomic mass is 32.2. The molecule has 1 aromatic rings. The average Bonchev–Trinajstić information content (AvgIpc) is 2.36. The van der Waals surface area contributed by atoms with Crippen LogP contribution in [0.4, 0.5) is 5.82 Å². The maximum atomic E-state index is 12.1. The summed E-state index contributed by atoms with van der Waals surface area (Å²) in [6, 6.07) is 3.87. The van der Waals surface area contributed by atoms with E-state index in [2.05, 4.69) is 17.2 Å². The second-order valence-corrected chi connectivity index (χ2v) is 6.08. The smallest absolute Gasteiger partial charge is 0.245 e. The summed E-state index contributed by atoms with van der Waals surface area (Å²) in [5, 5.41) is 2.80. The molecule has 0 bridgehead atoms. The third kappa shape index (κ3) is 5.20. The highest BCUT2D eigenvalue weighted by molar-refractivity contribution is 7.98. The van der Waals surface area contributed by atoms with Crippen molar-refractivity contribution < 1.29 is 4.79 Å². The highest BCUT2D eigenvalue weighted by Crippen LogP contribution is 2.16. The van der Waals surface area contributed by atoms with Gasteiger partial charge in [0.1, 0.15) is 5.82 Å². The molecular formula is C14H23N3OS. The van der Waals surface area contributed by atoms with Crippen LogP contribution in [0, 0.1) is 0 Å². The lowest BCUT2D eigenvalue weighted by Gasteiger charge is -2.22. The van der Waals surface area contributed by atoms with E-state index in [0.717, 1.165) is 23.5 Å². The molecular weight excluding hydrogens is 258 g/mol. The Morgan fingerprint density at radius 3 is 2.89 bits per heavy atom. The maximum Gasteiger partial charge on any atom is 0.245 e. The summed E-state index contributed by atoms with van der Waals surface area (Å²) < 4.78 is 0. The number of nitrogens with two attached hydrogens (primary N) is 1. The first kappa shape index (κ1) is 16.0. The SMILES string of the molecule is CCCC(C)(N)C(=O)Nc1cc(CSCC)ccn1. The third-order valence-electron chi connectivity index (χ3n) is 2.83. The van der Waals surface area contributed by atoms with Gasteiger partial charge < -0.3 is 11.1 Å². The number of hydrogen-bond donors (Lipinski definition) is 2. The van der Waals surface area contributed by atoms with Crippen molar-refractivity contribution >= 4 is 23.5 Å². The van der Waals surface area contributed by atoms with Gasteiger partial charge in [0.25, 0.3) is 0 Å². The van der Waals surface area contributed by atoms with E-state index in [-0.39, 0.29) is 5.91 Å². The van der Waals surface area contributed by atoms with Gasteiger partial charge in [-0.2, -0.15) is 11.8 Å². The fraction of sp³-hybridized carbons (Fsp3) is 0.571. The van der Waals surface area contributed by atoms with Gasteiger partial charge in [-0.1, -0.05) is 20.3 Å². The van der Waals surface area contributed by atoms with Gasteiger partial charge in [-0.15, -0.1) is 0 Å². The summed E-state index contributed by atoms with van der Waals surface area (Å²) in [6.07, 6.45) is 3.25. The van der Waals surface area contributed by atoms with Crippen molar-refractivity contribution in [3.63, 3.8) is 0 Å². The zero-order valence-electron chi connectivity index (χ0n) is 11.9. The second kappa shape index (κ2) is 7.50. The van der Waals surface area contributed by atoms with E-state index in [9.17, 15) is 4.79 Å². The molecule has 0 spiro atoms. The summed E-state index contributed by atoms with van der Waals surface area (Å²) >= 11 is 1.84. The Balaban J connectivity index is 2.68. The predicted octanol–water partition coefficient (Wildman–Crippen LogP) is 2.79. The Morgan fingerprint density at radius 1 is 1.53 bits per heavy atom. The van der Waals surface area contributed by atoms with Crippen LogP contribution in [0.3, 0.4) is 0 Å². The number of thioether (sulfide) groups is 1. The molecule has 4 nitrogen and oxygen atoms in total. The number of amides is 1. The van der Waals surface area contributed by atoms with Crippen LogP contribution < -0.4 is 11.1 Å². The summed E-state index contributed by atoms with van der Waals surface area (Å²) in [5.41, 5.74) is 6.31. The van der Waals surface area contributed by atoms with E-state index in [4.69, 9.17) is 5.73 Å². The van der Waals surface area contributed by atoms with E-state index in [0.29, 0.717) is 12.2 Å². The number of carbonyl (C=O) groups is 1. The first-order valence-corrected chi connectivity index (χ1v) is 7.78. The minimum atomic E-state index is -0.843. The first-order valence-electron chi connectivity index (χ1n) is 6.62. The fourth-order valence-electron chi connectivity index (χ4n) is 1.74. The third-order valence-corrected chi connectivity index (χ3v) is 3.77. The molecule has 0 saturated heterocycles. The normalized spacial score (nSPS) is 13.9. The predicted molar refractivity (Wildman–Crippen MR) is 82.2 cm³/mol. The quantitative estimate of drug-likeness (QED) is 0.806. The molecule has 3 N–H and O–H groups in total. The van der Waals surface area contributed by atoms with E-state index >= 15 is 0 Å². The number of aromatic nitrogens is 1.